The number of carbonyl (C=O) groups excluding carboxylic acids is 4. The maximum atomic E-state index is 12.7. The van der Waals surface area contributed by atoms with Gasteiger partial charge < -0.3 is 29.9 Å². The number of nitrogens with one attached hydrogen (secondary N) is 2. The van der Waals surface area contributed by atoms with Gasteiger partial charge in [-0.3, -0.25) is 24.0 Å². The quantitative estimate of drug-likeness (QED) is 0.432. The van der Waals surface area contributed by atoms with Gasteiger partial charge in [0.2, 0.25) is 17.7 Å². The number of aliphatic carboxylic acids is 1. The summed E-state index contributed by atoms with van der Waals surface area (Å²) in [5.41, 5.74) is 1.50. The summed E-state index contributed by atoms with van der Waals surface area (Å²) >= 11 is 0. The second kappa shape index (κ2) is 9.90. The fraction of sp³-hybridized carbons (Fsp3) is 0.400. The molecule has 1 aliphatic heterocycles. The molecule has 3 N–H and O–H groups in total. The van der Waals surface area contributed by atoms with Crippen molar-refractivity contribution in [1.82, 2.24) is 25.1 Å². The number of aromatic amines is 1. The first-order valence-corrected chi connectivity index (χ1v) is 9.85. The van der Waals surface area contributed by atoms with Crippen LogP contribution in [0.25, 0.3) is 11.0 Å². The van der Waals surface area contributed by atoms with Crippen LogP contribution in [-0.4, -0.2) is 93.9 Å². The Morgan fingerprint density at radius 2 is 2.00 bits per heavy atom. The van der Waals surface area contributed by atoms with Gasteiger partial charge in [-0.15, -0.1) is 0 Å². The van der Waals surface area contributed by atoms with Gasteiger partial charge in [-0.25, -0.2) is 4.98 Å². The predicted molar refractivity (Wildman–Crippen MR) is 109 cm³/mol. The van der Waals surface area contributed by atoms with E-state index >= 15 is 0 Å². The van der Waals surface area contributed by atoms with E-state index in [2.05, 4.69) is 20.0 Å². The number of H-pyrrole nitrogens is 1. The zero-order valence-corrected chi connectivity index (χ0v) is 17.4. The Morgan fingerprint density at radius 1 is 1.25 bits per heavy atom. The summed E-state index contributed by atoms with van der Waals surface area (Å²) in [5.74, 6) is -3.15. The number of hydrogen-bond acceptors (Lipinski definition) is 7. The number of hydrogen-bond donors (Lipinski definition) is 3. The molecule has 0 radical (unpaired) electrons. The number of para-hydroxylation sites is 2. The fourth-order valence-corrected chi connectivity index (χ4v) is 3.48. The van der Waals surface area contributed by atoms with E-state index in [0.717, 1.165) is 23.0 Å². The van der Waals surface area contributed by atoms with Crippen molar-refractivity contribution in [3.05, 3.63) is 30.1 Å². The highest BCUT2D eigenvalue weighted by molar-refractivity contribution is 5.94. The maximum Gasteiger partial charge on any atom is 0.323 e. The number of piperazine rings is 1. The van der Waals surface area contributed by atoms with Gasteiger partial charge in [0.25, 0.3) is 0 Å². The van der Waals surface area contributed by atoms with Gasteiger partial charge in [-0.05, 0) is 12.1 Å². The molecule has 12 heteroatoms. The van der Waals surface area contributed by atoms with Gasteiger partial charge in [0, 0.05) is 13.1 Å². The number of imidazole rings is 1. The number of ether oxygens (including phenoxy) is 1. The van der Waals surface area contributed by atoms with Crippen molar-refractivity contribution in [2.75, 3.05) is 33.3 Å². The largest absolute Gasteiger partial charge is 0.480 e. The van der Waals surface area contributed by atoms with E-state index in [9.17, 15) is 24.0 Å². The Morgan fingerprint density at radius 3 is 2.69 bits per heavy atom. The smallest absolute Gasteiger partial charge is 0.323 e. The molecule has 32 heavy (non-hydrogen) atoms. The van der Waals surface area contributed by atoms with Gasteiger partial charge in [0.15, 0.2) is 0 Å². The lowest BCUT2D eigenvalue weighted by Crippen LogP contribution is -2.61. The van der Waals surface area contributed by atoms with Crippen molar-refractivity contribution in [2.45, 2.75) is 18.9 Å². The lowest BCUT2D eigenvalue weighted by atomic mass is 10.1. The SMILES string of the molecule is COC(=O)CC1C(=O)N(CC(=O)O)CCN1C(=O)CNC(=O)Cc1nc2ccccc2[nH]1. The molecule has 12 nitrogen and oxygen atoms in total. The summed E-state index contributed by atoms with van der Waals surface area (Å²) in [6.45, 7) is -0.893. The van der Waals surface area contributed by atoms with E-state index in [1.165, 1.54) is 4.90 Å². The van der Waals surface area contributed by atoms with Gasteiger partial charge in [-0.1, -0.05) is 12.1 Å². The highest BCUT2D eigenvalue weighted by atomic mass is 16.5. The molecular weight excluding hydrogens is 422 g/mol. The lowest BCUT2D eigenvalue weighted by Gasteiger charge is -2.39. The molecule has 0 spiro atoms. The van der Waals surface area contributed by atoms with Crippen LogP contribution in [0.2, 0.25) is 0 Å². The zero-order chi connectivity index (χ0) is 23.3. The molecule has 0 aliphatic carbocycles. The number of fused-ring (bicyclic) bond motifs is 1. The normalized spacial score (nSPS) is 16.2. The Hall–Kier alpha value is -3.96. The molecule has 0 bridgehead atoms. The minimum atomic E-state index is -1.20. The molecule has 2 aromatic rings. The van der Waals surface area contributed by atoms with Crippen molar-refractivity contribution in [1.29, 1.82) is 0 Å². The first-order chi connectivity index (χ1) is 15.3. The third kappa shape index (κ3) is 5.39. The van der Waals surface area contributed by atoms with Gasteiger partial charge in [0.1, 0.15) is 18.4 Å². The van der Waals surface area contributed by atoms with Crippen molar-refractivity contribution in [2.24, 2.45) is 0 Å². The number of rotatable bonds is 8. The Labute approximate surface area is 182 Å². The minimum absolute atomic E-state index is 0.00147. The number of carbonyl (C=O) groups is 5. The van der Waals surface area contributed by atoms with E-state index in [1.54, 1.807) is 6.07 Å². The topological polar surface area (TPSA) is 162 Å². The third-order valence-corrected chi connectivity index (χ3v) is 5.02. The Kier molecular flexibility index (Phi) is 7.03. The maximum absolute atomic E-state index is 12.7. The molecule has 1 saturated heterocycles. The van der Waals surface area contributed by atoms with Crippen LogP contribution < -0.4 is 5.32 Å². The highest BCUT2D eigenvalue weighted by Gasteiger charge is 2.39. The summed E-state index contributed by atoms with van der Waals surface area (Å²) < 4.78 is 4.59. The Balaban J connectivity index is 1.61. The number of benzene rings is 1. The molecule has 0 saturated carbocycles. The van der Waals surface area contributed by atoms with E-state index in [4.69, 9.17) is 5.11 Å². The van der Waals surface area contributed by atoms with Crippen LogP contribution in [0.3, 0.4) is 0 Å². The van der Waals surface area contributed by atoms with Crippen LogP contribution in [0.5, 0.6) is 0 Å². The number of carboxylic acid groups (broad SMARTS) is 1. The molecule has 3 amide bonds. The van der Waals surface area contributed by atoms with Crippen molar-refractivity contribution >= 4 is 40.7 Å². The predicted octanol–water partition coefficient (Wildman–Crippen LogP) is -1.09. The molecular formula is C20H23N5O7. The fourth-order valence-electron chi connectivity index (χ4n) is 3.48. The first-order valence-electron chi connectivity index (χ1n) is 9.85. The van der Waals surface area contributed by atoms with Gasteiger partial charge >= 0.3 is 11.9 Å². The van der Waals surface area contributed by atoms with E-state index < -0.39 is 48.7 Å². The minimum Gasteiger partial charge on any atom is -0.480 e. The summed E-state index contributed by atoms with van der Waals surface area (Å²) in [6.07, 6.45) is -0.483. The number of esters is 1. The zero-order valence-electron chi connectivity index (χ0n) is 17.4. The van der Waals surface area contributed by atoms with Crippen molar-refractivity contribution in [3.63, 3.8) is 0 Å². The molecule has 3 rings (SSSR count). The van der Waals surface area contributed by atoms with Crippen LogP contribution in [0.4, 0.5) is 0 Å². The van der Waals surface area contributed by atoms with Crippen LogP contribution in [-0.2, 0) is 35.1 Å². The summed E-state index contributed by atoms with van der Waals surface area (Å²) in [6, 6.07) is 6.10. The molecule has 170 valence electrons. The van der Waals surface area contributed by atoms with Crippen LogP contribution in [0, 0.1) is 0 Å². The standard InChI is InChI=1S/C20H23N5O7/c1-32-19(30)8-14-20(31)24(11-18(28)29)6-7-25(14)17(27)10-21-16(26)9-15-22-12-4-2-3-5-13(12)23-15/h2-5,14H,6-11H2,1H3,(H,21,26)(H,22,23)(H,28,29). The van der Waals surface area contributed by atoms with Gasteiger partial charge in [0.05, 0.1) is 37.5 Å². The first kappa shape index (κ1) is 22.7. The number of carboxylic acids is 1. The lowest BCUT2D eigenvalue weighted by molar-refractivity contribution is -0.158. The average molecular weight is 445 g/mol. The molecule has 1 unspecified atom stereocenters. The molecule has 1 aromatic carbocycles. The highest BCUT2D eigenvalue weighted by Crippen LogP contribution is 2.16. The van der Waals surface area contributed by atoms with Crippen LogP contribution in [0.15, 0.2) is 24.3 Å². The van der Waals surface area contributed by atoms with Crippen LogP contribution in [0.1, 0.15) is 12.2 Å². The molecule has 2 heterocycles. The molecule has 1 fully saturated rings. The third-order valence-electron chi connectivity index (χ3n) is 5.02. The molecule has 1 atom stereocenters. The number of amides is 3. The monoisotopic (exact) mass is 445 g/mol. The average Bonchev–Trinajstić information content (AvgIpc) is 3.16. The summed E-state index contributed by atoms with van der Waals surface area (Å²) in [7, 11) is 1.15. The van der Waals surface area contributed by atoms with E-state index in [-0.39, 0.29) is 26.1 Å². The Bertz CT molecular complexity index is 1020. The summed E-state index contributed by atoms with van der Waals surface area (Å²) in [4.78, 5) is 69.9. The second-order valence-electron chi connectivity index (χ2n) is 7.19. The number of nitrogens with zero attached hydrogens (tertiary/aromatic N) is 3. The molecule has 1 aliphatic rings. The van der Waals surface area contributed by atoms with E-state index in [0.29, 0.717) is 5.82 Å². The number of methoxy groups -OCH3 is 1. The van der Waals surface area contributed by atoms with E-state index in [1.807, 2.05) is 18.2 Å². The second-order valence-corrected chi connectivity index (χ2v) is 7.19. The molecule has 1 aromatic heterocycles. The van der Waals surface area contributed by atoms with Crippen molar-refractivity contribution in [3.8, 4) is 0 Å². The van der Waals surface area contributed by atoms with Crippen LogP contribution >= 0.6 is 0 Å². The summed E-state index contributed by atoms with van der Waals surface area (Å²) in [5, 5.41) is 11.5. The van der Waals surface area contributed by atoms with Gasteiger partial charge in [-0.2, -0.15) is 0 Å². The van der Waals surface area contributed by atoms with Crippen molar-refractivity contribution < 1.29 is 33.8 Å². The number of aromatic nitrogens is 2.